The van der Waals surface area contributed by atoms with Crippen molar-refractivity contribution in [2.75, 3.05) is 7.05 Å². The zero-order valence-electron chi connectivity index (χ0n) is 9.70. The lowest BCUT2D eigenvalue weighted by Crippen LogP contribution is -2.10. The molecule has 0 unspecified atom stereocenters. The first-order valence-electron chi connectivity index (χ1n) is 5.30. The summed E-state index contributed by atoms with van der Waals surface area (Å²) < 4.78 is 0. The zero-order valence-corrected chi connectivity index (χ0v) is 9.70. The molecule has 0 N–H and O–H groups in total. The second kappa shape index (κ2) is 5.41. The van der Waals surface area contributed by atoms with Crippen molar-refractivity contribution in [3.05, 3.63) is 35.4 Å². The molecule has 0 spiro atoms. The second-order valence-electron chi connectivity index (χ2n) is 4.37. The normalized spacial score (nSPS) is 10.1. The van der Waals surface area contributed by atoms with Crippen molar-refractivity contribution in [1.82, 2.24) is 4.90 Å². The lowest BCUT2D eigenvalue weighted by Gasteiger charge is -2.10. The number of rotatable bonds is 4. The van der Waals surface area contributed by atoms with Gasteiger partial charge in [-0.15, -0.1) is 0 Å². The van der Waals surface area contributed by atoms with Gasteiger partial charge in [-0.05, 0) is 23.5 Å². The Labute approximate surface area is 92.1 Å². The topological polar surface area (TPSA) is 27.0 Å². The van der Waals surface area contributed by atoms with Crippen molar-refractivity contribution >= 4 is 0 Å². The molecule has 0 saturated carbocycles. The van der Waals surface area contributed by atoms with E-state index in [4.69, 9.17) is 5.26 Å². The molecular formula is C13H18N2. The number of hydrogen-bond acceptors (Lipinski definition) is 2. The van der Waals surface area contributed by atoms with Crippen LogP contribution in [0.25, 0.3) is 0 Å². The van der Waals surface area contributed by atoms with E-state index in [2.05, 4.69) is 44.3 Å². The van der Waals surface area contributed by atoms with Crippen LogP contribution in [-0.4, -0.2) is 11.9 Å². The largest absolute Gasteiger partial charge is 0.309 e. The molecule has 15 heavy (non-hydrogen) atoms. The van der Waals surface area contributed by atoms with Crippen LogP contribution in [0, 0.1) is 17.4 Å². The van der Waals surface area contributed by atoms with Crippen molar-refractivity contribution in [2.45, 2.75) is 26.8 Å². The zero-order chi connectivity index (χ0) is 11.3. The lowest BCUT2D eigenvalue weighted by atomic mass is 10.0. The maximum atomic E-state index is 8.65. The van der Waals surface area contributed by atoms with E-state index in [9.17, 15) is 0 Å². The van der Waals surface area contributed by atoms with Gasteiger partial charge in [0.1, 0.15) is 0 Å². The fraction of sp³-hybridized carbons (Fsp3) is 0.462. The minimum atomic E-state index is 0.692. The summed E-state index contributed by atoms with van der Waals surface area (Å²) in [6.07, 6.45) is 3.21. The number of nitrogens with zero attached hydrogens (tertiary/aromatic N) is 2. The van der Waals surface area contributed by atoms with Gasteiger partial charge in [0, 0.05) is 7.05 Å². The summed E-state index contributed by atoms with van der Waals surface area (Å²) in [7, 11) is 1.79. The van der Waals surface area contributed by atoms with Crippen molar-refractivity contribution < 1.29 is 0 Å². The molecule has 1 aromatic rings. The molecule has 2 heteroatoms. The van der Waals surface area contributed by atoms with Gasteiger partial charge in [-0.3, -0.25) is 0 Å². The highest BCUT2D eigenvalue weighted by atomic mass is 15.1. The molecule has 0 radical (unpaired) electrons. The van der Waals surface area contributed by atoms with Gasteiger partial charge in [0.2, 0.25) is 0 Å². The molecule has 0 bridgehead atoms. The first-order valence-corrected chi connectivity index (χ1v) is 5.30. The molecule has 0 amide bonds. The van der Waals surface area contributed by atoms with Crippen molar-refractivity contribution in [3.8, 4) is 6.19 Å². The van der Waals surface area contributed by atoms with Crippen LogP contribution in [0.1, 0.15) is 25.0 Å². The highest BCUT2D eigenvalue weighted by molar-refractivity contribution is 5.23. The van der Waals surface area contributed by atoms with Crippen LogP contribution in [0.5, 0.6) is 0 Å². The molecule has 0 saturated heterocycles. The van der Waals surface area contributed by atoms with Crippen LogP contribution in [0.4, 0.5) is 0 Å². The van der Waals surface area contributed by atoms with Gasteiger partial charge in [0.25, 0.3) is 0 Å². The van der Waals surface area contributed by atoms with E-state index in [1.165, 1.54) is 11.1 Å². The summed E-state index contributed by atoms with van der Waals surface area (Å²) in [5.74, 6) is 0.692. The first kappa shape index (κ1) is 11.6. The molecule has 1 rings (SSSR count). The SMILES string of the molecule is CC(C)Cc1ccc(CN(C)C#N)cc1. The second-order valence-corrected chi connectivity index (χ2v) is 4.37. The Morgan fingerprint density at radius 3 is 2.20 bits per heavy atom. The summed E-state index contributed by atoms with van der Waals surface area (Å²) >= 11 is 0. The van der Waals surface area contributed by atoms with Gasteiger partial charge in [0.05, 0.1) is 6.54 Å². The van der Waals surface area contributed by atoms with E-state index < -0.39 is 0 Å². The molecule has 0 aliphatic heterocycles. The number of nitriles is 1. The van der Waals surface area contributed by atoms with Crippen molar-refractivity contribution in [2.24, 2.45) is 5.92 Å². The van der Waals surface area contributed by atoms with Crippen LogP contribution in [-0.2, 0) is 13.0 Å². The fourth-order valence-electron chi connectivity index (χ4n) is 1.56. The Bertz CT molecular complexity index is 333. The average Bonchev–Trinajstić information content (AvgIpc) is 2.20. The van der Waals surface area contributed by atoms with Gasteiger partial charge in [-0.2, -0.15) is 5.26 Å². The number of benzene rings is 1. The predicted molar refractivity (Wildman–Crippen MR) is 62.1 cm³/mol. The van der Waals surface area contributed by atoms with Crippen LogP contribution in [0.2, 0.25) is 0 Å². The monoisotopic (exact) mass is 202 g/mol. The molecular weight excluding hydrogens is 184 g/mol. The number of hydrogen-bond donors (Lipinski definition) is 0. The molecule has 1 aromatic carbocycles. The van der Waals surface area contributed by atoms with Crippen molar-refractivity contribution in [1.29, 1.82) is 5.26 Å². The Morgan fingerprint density at radius 1 is 1.20 bits per heavy atom. The van der Waals surface area contributed by atoms with Crippen LogP contribution < -0.4 is 0 Å². The van der Waals surface area contributed by atoms with E-state index in [-0.39, 0.29) is 0 Å². The molecule has 0 heterocycles. The van der Waals surface area contributed by atoms with E-state index in [1.54, 1.807) is 11.9 Å². The standard InChI is InChI=1S/C13H18N2/c1-11(2)8-12-4-6-13(7-5-12)9-15(3)10-14/h4-7,11H,8-9H2,1-3H3. The quantitative estimate of drug-likeness (QED) is 0.554. The molecule has 80 valence electrons. The Hall–Kier alpha value is -1.49. The summed E-state index contributed by atoms with van der Waals surface area (Å²) in [6, 6.07) is 8.51. The van der Waals surface area contributed by atoms with E-state index in [1.807, 2.05) is 0 Å². The van der Waals surface area contributed by atoms with E-state index in [0.29, 0.717) is 12.5 Å². The van der Waals surface area contributed by atoms with Crippen molar-refractivity contribution in [3.63, 3.8) is 0 Å². The van der Waals surface area contributed by atoms with Crippen LogP contribution in [0.3, 0.4) is 0 Å². The van der Waals surface area contributed by atoms with Gasteiger partial charge in [0.15, 0.2) is 6.19 Å². The third kappa shape index (κ3) is 4.03. The summed E-state index contributed by atoms with van der Waals surface area (Å²) in [4.78, 5) is 1.62. The van der Waals surface area contributed by atoms with E-state index in [0.717, 1.165) is 6.42 Å². The fourth-order valence-corrected chi connectivity index (χ4v) is 1.56. The smallest absolute Gasteiger partial charge is 0.179 e. The Morgan fingerprint density at radius 2 is 1.73 bits per heavy atom. The summed E-state index contributed by atoms with van der Waals surface area (Å²) in [5, 5.41) is 8.65. The summed E-state index contributed by atoms with van der Waals surface area (Å²) in [5.41, 5.74) is 2.56. The maximum absolute atomic E-state index is 8.65. The van der Waals surface area contributed by atoms with Gasteiger partial charge >= 0.3 is 0 Å². The average molecular weight is 202 g/mol. The third-order valence-corrected chi connectivity index (χ3v) is 2.26. The third-order valence-electron chi connectivity index (χ3n) is 2.26. The Kier molecular flexibility index (Phi) is 4.17. The molecule has 2 nitrogen and oxygen atoms in total. The van der Waals surface area contributed by atoms with Gasteiger partial charge < -0.3 is 4.90 Å². The van der Waals surface area contributed by atoms with Gasteiger partial charge in [-0.25, -0.2) is 0 Å². The highest BCUT2D eigenvalue weighted by Gasteiger charge is 1.99. The lowest BCUT2D eigenvalue weighted by molar-refractivity contribution is 0.469. The first-order chi connectivity index (χ1) is 7.11. The maximum Gasteiger partial charge on any atom is 0.179 e. The predicted octanol–water partition coefficient (Wildman–Crippen LogP) is 2.80. The summed E-state index contributed by atoms with van der Waals surface area (Å²) in [6.45, 7) is 5.13. The van der Waals surface area contributed by atoms with Crippen LogP contribution in [0.15, 0.2) is 24.3 Å². The minimum absolute atomic E-state index is 0.692. The highest BCUT2D eigenvalue weighted by Crippen LogP contribution is 2.10. The minimum Gasteiger partial charge on any atom is -0.309 e. The molecule has 0 aliphatic rings. The van der Waals surface area contributed by atoms with E-state index >= 15 is 0 Å². The van der Waals surface area contributed by atoms with Crippen LogP contribution >= 0.6 is 0 Å². The Balaban J connectivity index is 2.61. The molecule has 0 fully saturated rings. The van der Waals surface area contributed by atoms with Gasteiger partial charge in [-0.1, -0.05) is 38.1 Å². The molecule has 0 aliphatic carbocycles. The molecule has 0 aromatic heterocycles. The molecule has 0 atom stereocenters.